The van der Waals surface area contributed by atoms with Crippen molar-refractivity contribution in [1.29, 1.82) is 0 Å². The van der Waals surface area contributed by atoms with E-state index in [0.717, 1.165) is 28.8 Å². The van der Waals surface area contributed by atoms with Gasteiger partial charge in [-0.15, -0.1) is 0 Å². The maximum atomic E-state index is 2.82. The molecule has 5 aliphatic rings. The minimum Gasteiger partial charge on any atom is -0.0808 e. The Balaban J connectivity index is 1.55. The average molecular weight is 529 g/mol. The van der Waals surface area contributed by atoms with Crippen LogP contribution in [0.3, 0.4) is 0 Å². The van der Waals surface area contributed by atoms with E-state index in [9.17, 15) is 0 Å². The molecule has 0 aliphatic heterocycles. The van der Waals surface area contributed by atoms with E-state index in [2.05, 4.69) is 122 Å². The van der Waals surface area contributed by atoms with Gasteiger partial charge in [0.15, 0.2) is 0 Å². The summed E-state index contributed by atoms with van der Waals surface area (Å²) in [5, 5.41) is 0. The lowest BCUT2D eigenvalue weighted by molar-refractivity contribution is 0.379. The number of unbranched alkanes of at least 4 members (excludes halogenated alkanes) is 2. The molecular formula is C37H56Si. The third-order valence-corrected chi connectivity index (χ3v) is 16.4. The van der Waals surface area contributed by atoms with Crippen molar-refractivity contribution in [2.24, 2.45) is 52.3 Å². The summed E-state index contributed by atoms with van der Waals surface area (Å²) in [6.07, 6.45) is 32.9. The summed E-state index contributed by atoms with van der Waals surface area (Å²) in [6.45, 7) is 22.4. The maximum absolute atomic E-state index is 2.82. The van der Waals surface area contributed by atoms with Gasteiger partial charge in [-0.05, 0) is 87.3 Å². The Morgan fingerprint density at radius 2 is 1.21 bits per heavy atom. The quantitative estimate of drug-likeness (QED) is 0.237. The molecule has 8 unspecified atom stereocenters. The van der Waals surface area contributed by atoms with Crippen LogP contribution in [0.25, 0.3) is 0 Å². The van der Waals surface area contributed by atoms with Crippen molar-refractivity contribution in [2.75, 3.05) is 0 Å². The van der Waals surface area contributed by atoms with Crippen LogP contribution in [0.2, 0.25) is 24.2 Å². The fraction of sp³-hybridized carbons (Fsp3) is 0.676. The van der Waals surface area contributed by atoms with Crippen LogP contribution in [0, 0.1) is 52.3 Å². The van der Waals surface area contributed by atoms with Crippen molar-refractivity contribution < 1.29 is 0 Å². The summed E-state index contributed by atoms with van der Waals surface area (Å²) < 4.78 is 0. The first-order valence-electron chi connectivity index (χ1n) is 16.0. The smallest absolute Gasteiger partial charge is 0.0554 e. The van der Waals surface area contributed by atoms with Crippen LogP contribution in [0.15, 0.2) is 71.9 Å². The van der Waals surface area contributed by atoms with Gasteiger partial charge in [0, 0.05) is 0 Å². The summed E-state index contributed by atoms with van der Waals surface area (Å²) in [4.78, 5) is 0. The third kappa shape index (κ3) is 4.99. The van der Waals surface area contributed by atoms with E-state index >= 15 is 0 Å². The molecule has 38 heavy (non-hydrogen) atoms. The molecule has 1 heteroatoms. The van der Waals surface area contributed by atoms with Gasteiger partial charge in [-0.25, -0.2) is 0 Å². The van der Waals surface area contributed by atoms with E-state index in [1.165, 1.54) is 32.1 Å². The van der Waals surface area contributed by atoms with Gasteiger partial charge in [0.25, 0.3) is 0 Å². The SMILES string of the molecule is CCCCCC1CC([Si](C)(C)C2C3C=C(C(C)(C)C)C=CC3C3C=CC(C(C)(C)C)=CC32)C2C=CC=CC12. The first-order chi connectivity index (χ1) is 17.8. The molecule has 0 spiro atoms. The highest BCUT2D eigenvalue weighted by atomic mass is 28.3. The highest BCUT2D eigenvalue weighted by Crippen LogP contribution is 2.65. The second kappa shape index (κ2) is 10.2. The number of rotatable bonds is 6. The van der Waals surface area contributed by atoms with Crippen LogP contribution < -0.4 is 0 Å². The Labute approximate surface area is 236 Å². The average Bonchev–Trinajstić information content (AvgIpc) is 3.39. The molecule has 0 aromatic rings. The Bertz CT molecular complexity index is 1010. The van der Waals surface area contributed by atoms with Gasteiger partial charge in [-0.2, -0.15) is 0 Å². The van der Waals surface area contributed by atoms with E-state index in [1.807, 2.05) is 0 Å². The molecule has 208 valence electrons. The lowest BCUT2D eigenvalue weighted by Gasteiger charge is -2.45. The van der Waals surface area contributed by atoms with E-state index < -0.39 is 8.07 Å². The molecule has 8 atom stereocenters. The summed E-state index contributed by atoms with van der Waals surface area (Å²) >= 11 is 0. The predicted molar refractivity (Wildman–Crippen MR) is 170 cm³/mol. The molecular weight excluding hydrogens is 472 g/mol. The highest BCUT2D eigenvalue weighted by molar-refractivity contribution is 6.80. The number of hydrogen-bond donors (Lipinski definition) is 0. The molecule has 0 amide bonds. The van der Waals surface area contributed by atoms with Gasteiger partial charge >= 0.3 is 0 Å². The molecule has 0 nitrogen and oxygen atoms in total. The molecule has 0 radical (unpaired) electrons. The molecule has 0 aromatic carbocycles. The Kier molecular flexibility index (Phi) is 7.60. The molecule has 0 heterocycles. The van der Waals surface area contributed by atoms with Crippen molar-refractivity contribution >= 4 is 8.07 Å². The fourth-order valence-corrected chi connectivity index (χ4v) is 14.7. The van der Waals surface area contributed by atoms with Crippen molar-refractivity contribution in [3.8, 4) is 0 Å². The lowest BCUT2D eigenvalue weighted by atomic mass is 9.74. The molecule has 0 saturated heterocycles. The van der Waals surface area contributed by atoms with Crippen molar-refractivity contribution in [3.05, 3.63) is 71.9 Å². The van der Waals surface area contributed by atoms with E-state index in [0.29, 0.717) is 23.7 Å². The standard InChI is InChI=1S/C37H56Si/c1-10-11-12-15-25-22-34(31-17-14-13-16-28(25)31)38(8,9)35-32-23-26(36(2,3)4)18-20-29(32)30-21-19-27(24-33(30)35)37(5,6)7/h13-14,16-21,23-25,28-35H,10-12,15,22H2,1-9H3. The normalized spacial score (nSPS) is 38.1. The zero-order chi connectivity index (χ0) is 27.5. The van der Waals surface area contributed by atoms with Crippen molar-refractivity contribution in [3.63, 3.8) is 0 Å². The second-order valence-electron chi connectivity index (χ2n) is 16.1. The van der Waals surface area contributed by atoms with Crippen LogP contribution in [-0.4, -0.2) is 8.07 Å². The van der Waals surface area contributed by atoms with Gasteiger partial charge in [-0.3, -0.25) is 0 Å². The summed E-state index contributed by atoms with van der Waals surface area (Å²) in [6, 6.07) is 0. The maximum Gasteiger partial charge on any atom is 0.0554 e. The van der Waals surface area contributed by atoms with E-state index in [4.69, 9.17) is 0 Å². The summed E-state index contributed by atoms with van der Waals surface area (Å²) in [7, 11) is -1.67. The van der Waals surface area contributed by atoms with Crippen LogP contribution in [-0.2, 0) is 0 Å². The minimum atomic E-state index is -1.67. The lowest BCUT2D eigenvalue weighted by Crippen LogP contribution is -2.44. The Morgan fingerprint density at radius 1 is 0.684 bits per heavy atom. The largest absolute Gasteiger partial charge is 0.0808 e. The number of hydrogen-bond acceptors (Lipinski definition) is 0. The summed E-state index contributed by atoms with van der Waals surface area (Å²) in [5.41, 5.74) is 5.26. The molecule has 2 fully saturated rings. The second-order valence-corrected chi connectivity index (χ2v) is 21.2. The molecule has 0 bridgehead atoms. The molecule has 5 aliphatic carbocycles. The van der Waals surface area contributed by atoms with Crippen LogP contribution in [0.5, 0.6) is 0 Å². The van der Waals surface area contributed by atoms with E-state index in [1.54, 1.807) is 11.1 Å². The van der Waals surface area contributed by atoms with Gasteiger partial charge in [-0.1, -0.05) is 142 Å². The van der Waals surface area contributed by atoms with Crippen LogP contribution >= 0.6 is 0 Å². The Hall–Kier alpha value is -1.34. The first kappa shape index (κ1) is 28.2. The minimum absolute atomic E-state index is 0.216. The fourth-order valence-electron chi connectivity index (χ4n) is 9.31. The van der Waals surface area contributed by atoms with Gasteiger partial charge in [0.1, 0.15) is 0 Å². The predicted octanol–water partition coefficient (Wildman–Crippen LogP) is 11.0. The third-order valence-electron chi connectivity index (χ3n) is 11.4. The monoisotopic (exact) mass is 528 g/mol. The zero-order valence-electron chi connectivity index (χ0n) is 26.0. The highest BCUT2D eigenvalue weighted by Gasteiger charge is 2.59. The van der Waals surface area contributed by atoms with Crippen molar-refractivity contribution in [1.82, 2.24) is 0 Å². The first-order valence-corrected chi connectivity index (χ1v) is 19.2. The van der Waals surface area contributed by atoms with Gasteiger partial charge < -0.3 is 0 Å². The molecule has 5 rings (SSSR count). The molecule has 0 N–H and O–H groups in total. The topological polar surface area (TPSA) is 0 Å². The van der Waals surface area contributed by atoms with Crippen LogP contribution in [0.4, 0.5) is 0 Å². The van der Waals surface area contributed by atoms with E-state index in [-0.39, 0.29) is 10.8 Å². The van der Waals surface area contributed by atoms with Crippen molar-refractivity contribution in [2.45, 2.75) is 105 Å². The van der Waals surface area contributed by atoms with Gasteiger partial charge in [0.2, 0.25) is 0 Å². The zero-order valence-corrected chi connectivity index (χ0v) is 27.0. The number of allylic oxidation sites excluding steroid dienone is 12. The number of fused-ring (bicyclic) bond motifs is 4. The Morgan fingerprint density at radius 3 is 1.71 bits per heavy atom. The van der Waals surface area contributed by atoms with Crippen LogP contribution in [0.1, 0.15) is 80.6 Å². The van der Waals surface area contributed by atoms with Gasteiger partial charge in [0.05, 0.1) is 8.07 Å². The summed E-state index contributed by atoms with van der Waals surface area (Å²) in [5.74, 6) is 5.13. The molecule has 2 saturated carbocycles. The molecule has 0 aromatic heterocycles.